The standard InChI is InChI=1S/C22H26N6O/c1-2-18-12-20(26-15-25-18)28-11-5-9-19(14-28)27-22(29)24-13-17-7-3-6-16-8-4-10-23-21(16)17/h3-4,6-8,10,12,15,19H,2,5,9,11,13-14H2,1H3,(H2,24,27,29). The molecule has 1 aromatic carbocycles. The van der Waals surface area contributed by atoms with E-state index in [4.69, 9.17) is 0 Å². The summed E-state index contributed by atoms with van der Waals surface area (Å²) in [5.41, 5.74) is 2.97. The first-order chi connectivity index (χ1) is 14.2. The minimum atomic E-state index is -0.151. The number of hydrogen-bond acceptors (Lipinski definition) is 5. The number of pyridine rings is 1. The maximum atomic E-state index is 12.5. The highest BCUT2D eigenvalue weighted by Crippen LogP contribution is 2.19. The molecule has 3 aromatic rings. The fourth-order valence-corrected chi connectivity index (χ4v) is 3.78. The third-order valence-electron chi connectivity index (χ3n) is 5.31. The first kappa shape index (κ1) is 19.1. The lowest BCUT2D eigenvalue weighted by Crippen LogP contribution is -2.50. The molecule has 1 saturated heterocycles. The van der Waals surface area contributed by atoms with Crippen LogP contribution in [0.5, 0.6) is 0 Å². The van der Waals surface area contributed by atoms with Gasteiger partial charge in [-0.2, -0.15) is 0 Å². The van der Waals surface area contributed by atoms with Gasteiger partial charge in [0, 0.05) is 49.0 Å². The van der Waals surface area contributed by atoms with Gasteiger partial charge in [0.05, 0.1) is 5.52 Å². The number of anilines is 1. The van der Waals surface area contributed by atoms with Gasteiger partial charge in [0.25, 0.3) is 0 Å². The largest absolute Gasteiger partial charge is 0.354 e. The monoisotopic (exact) mass is 390 g/mol. The molecule has 4 rings (SSSR count). The molecule has 29 heavy (non-hydrogen) atoms. The van der Waals surface area contributed by atoms with Gasteiger partial charge in [-0.1, -0.05) is 31.2 Å². The first-order valence-electron chi connectivity index (χ1n) is 10.2. The predicted octanol–water partition coefficient (Wildman–Crippen LogP) is 3.06. The number of piperidine rings is 1. The van der Waals surface area contributed by atoms with Gasteiger partial charge in [0.2, 0.25) is 0 Å². The molecule has 7 nitrogen and oxygen atoms in total. The van der Waals surface area contributed by atoms with Crippen molar-refractivity contribution in [2.45, 2.75) is 38.8 Å². The second-order valence-corrected chi connectivity index (χ2v) is 7.33. The van der Waals surface area contributed by atoms with E-state index in [1.54, 1.807) is 12.5 Å². The zero-order valence-corrected chi connectivity index (χ0v) is 16.6. The number of rotatable bonds is 5. The molecular formula is C22H26N6O. The van der Waals surface area contributed by atoms with Gasteiger partial charge in [0.1, 0.15) is 12.1 Å². The molecule has 2 amide bonds. The molecule has 0 radical (unpaired) electrons. The molecule has 2 N–H and O–H groups in total. The van der Waals surface area contributed by atoms with Crippen LogP contribution in [0.3, 0.4) is 0 Å². The van der Waals surface area contributed by atoms with E-state index in [0.29, 0.717) is 6.54 Å². The van der Waals surface area contributed by atoms with Crippen molar-refractivity contribution in [1.29, 1.82) is 0 Å². The Kier molecular flexibility index (Phi) is 5.84. The Bertz CT molecular complexity index is 986. The van der Waals surface area contributed by atoms with Crippen LogP contribution in [-0.4, -0.2) is 40.1 Å². The van der Waals surface area contributed by atoms with Gasteiger partial charge >= 0.3 is 6.03 Å². The van der Waals surface area contributed by atoms with Crippen LogP contribution in [0.4, 0.5) is 10.6 Å². The van der Waals surface area contributed by atoms with Crippen molar-refractivity contribution >= 4 is 22.8 Å². The summed E-state index contributed by atoms with van der Waals surface area (Å²) >= 11 is 0. The van der Waals surface area contributed by atoms with Crippen molar-refractivity contribution in [1.82, 2.24) is 25.6 Å². The maximum absolute atomic E-state index is 12.5. The molecule has 1 atom stereocenters. The van der Waals surface area contributed by atoms with E-state index in [1.807, 2.05) is 36.4 Å². The Balaban J connectivity index is 1.34. The molecule has 1 fully saturated rings. The van der Waals surface area contributed by atoms with Crippen LogP contribution in [0.1, 0.15) is 31.0 Å². The van der Waals surface area contributed by atoms with Crippen molar-refractivity contribution in [3.63, 3.8) is 0 Å². The fraction of sp³-hybridized carbons (Fsp3) is 0.364. The number of carbonyl (C=O) groups is 1. The third kappa shape index (κ3) is 4.62. The number of benzene rings is 1. The number of aryl methyl sites for hydroxylation is 1. The zero-order chi connectivity index (χ0) is 20.1. The molecule has 1 aliphatic rings. The molecule has 150 valence electrons. The van der Waals surface area contributed by atoms with Crippen LogP contribution in [0.15, 0.2) is 48.9 Å². The van der Waals surface area contributed by atoms with Crippen LogP contribution in [0.2, 0.25) is 0 Å². The lowest BCUT2D eigenvalue weighted by atomic mass is 10.1. The molecule has 0 bridgehead atoms. The molecule has 7 heteroatoms. The summed E-state index contributed by atoms with van der Waals surface area (Å²) < 4.78 is 0. The van der Waals surface area contributed by atoms with Crippen LogP contribution >= 0.6 is 0 Å². The quantitative estimate of drug-likeness (QED) is 0.700. The normalized spacial score (nSPS) is 16.6. The Hall–Kier alpha value is -3.22. The van der Waals surface area contributed by atoms with Crippen molar-refractivity contribution in [3.8, 4) is 0 Å². The molecule has 1 aliphatic heterocycles. The second kappa shape index (κ2) is 8.86. The van der Waals surface area contributed by atoms with Crippen LogP contribution < -0.4 is 15.5 Å². The van der Waals surface area contributed by atoms with E-state index in [9.17, 15) is 4.79 Å². The number of fused-ring (bicyclic) bond motifs is 1. The Morgan fingerprint density at radius 2 is 2.10 bits per heavy atom. The lowest BCUT2D eigenvalue weighted by Gasteiger charge is -2.34. The predicted molar refractivity (Wildman–Crippen MR) is 114 cm³/mol. The van der Waals surface area contributed by atoms with E-state index in [1.165, 1.54) is 0 Å². The molecule has 0 saturated carbocycles. The molecule has 2 aromatic heterocycles. The summed E-state index contributed by atoms with van der Waals surface area (Å²) in [4.78, 5) is 27.8. The number of hydrogen-bond donors (Lipinski definition) is 2. The van der Waals surface area contributed by atoms with Crippen molar-refractivity contribution in [3.05, 3.63) is 60.2 Å². The minimum absolute atomic E-state index is 0.0921. The SMILES string of the molecule is CCc1cc(N2CCCC(NC(=O)NCc3cccc4cccnc34)C2)ncn1. The Morgan fingerprint density at radius 1 is 1.21 bits per heavy atom. The van der Waals surface area contributed by atoms with Crippen LogP contribution in [0.25, 0.3) is 10.9 Å². The van der Waals surface area contributed by atoms with Crippen LogP contribution in [-0.2, 0) is 13.0 Å². The van der Waals surface area contributed by atoms with Crippen molar-refractivity contribution in [2.75, 3.05) is 18.0 Å². The maximum Gasteiger partial charge on any atom is 0.315 e. The fourth-order valence-electron chi connectivity index (χ4n) is 3.78. The number of nitrogens with zero attached hydrogens (tertiary/aromatic N) is 4. The van der Waals surface area contributed by atoms with E-state index >= 15 is 0 Å². The smallest absolute Gasteiger partial charge is 0.315 e. The first-order valence-corrected chi connectivity index (χ1v) is 10.2. The van der Waals surface area contributed by atoms with Gasteiger partial charge in [-0.25, -0.2) is 14.8 Å². The molecule has 1 unspecified atom stereocenters. The Labute approximate surface area is 170 Å². The molecule has 3 heterocycles. The summed E-state index contributed by atoms with van der Waals surface area (Å²) in [6, 6.07) is 11.9. The molecular weight excluding hydrogens is 364 g/mol. The summed E-state index contributed by atoms with van der Waals surface area (Å²) in [6.45, 7) is 4.23. The number of amides is 2. The highest BCUT2D eigenvalue weighted by molar-refractivity contribution is 5.82. The van der Waals surface area contributed by atoms with E-state index < -0.39 is 0 Å². The average molecular weight is 390 g/mol. The highest BCUT2D eigenvalue weighted by Gasteiger charge is 2.22. The van der Waals surface area contributed by atoms with Gasteiger partial charge in [-0.05, 0) is 30.9 Å². The van der Waals surface area contributed by atoms with Gasteiger partial charge in [-0.15, -0.1) is 0 Å². The number of aromatic nitrogens is 3. The van der Waals surface area contributed by atoms with Crippen LogP contribution in [0, 0.1) is 0 Å². The summed E-state index contributed by atoms with van der Waals surface area (Å²) in [7, 11) is 0. The lowest BCUT2D eigenvalue weighted by molar-refractivity contribution is 0.234. The number of urea groups is 1. The van der Waals surface area contributed by atoms with E-state index in [-0.39, 0.29) is 12.1 Å². The van der Waals surface area contributed by atoms with Gasteiger partial charge < -0.3 is 15.5 Å². The second-order valence-electron chi connectivity index (χ2n) is 7.33. The highest BCUT2D eigenvalue weighted by atomic mass is 16.2. The zero-order valence-electron chi connectivity index (χ0n) is 16.6. The molecule has 0 spiro atoms. The average Bonchev–Trinajstić information content (AvgIpc) is 2.78. The summed E-state index contributed by atoms with van der Waals surface area (Å²) in [5.74, 6) is 0.936. The number of para-hydroxylation sites is 1. The van der Waals surface area contributed by atoms with Gasteiger partial charge in [-0.3, -0.25) is 4.98 Å². The van der Waals surface area contributed by atoms with E-state index in [0.717, 1.165) is 60.3 Å². The summed E-state index contributed by atoms with van der Waals surface area (Å²) in [5, 5.41) is 7.16. The topological polar surface area (TPSA) is 83.0 Å². The Morgan fingerprint density at radius 3 is 3.00 bits per heavy atom. The van der Waals surface area contributed by atoms with Gasteiger partial charge in [0.15, 0.2) is 0 Å². The number of carbonyl (C=O) groups excluding carboxylic acids is 1. The number of nitrogens with one attached hydrogen (secondary N) is 2. The molecule has 0 aliphatic carbocycles. The van der Waals surface area contributed by atoms with Crippen molar-refractivity contribution in [2.24, 2.45) is 0 Å². The third-order valence-corrected chi connectivity index (χ3v) is 5.31. The van der Waals surface area contributed by atoms with E-state index in [2.05, 4.69) is 37.4 Å². The van der Waals surface area contributed by atoms with Crippen molar-refractivity contribution < 1.29 is 4.79 Å². The summed E-state index contributed by atoms with van der Waals surface area (Å²) in [6.07, 6.45) is 6.27. The minimum Gasteiger partial charge on any atom is -0.354 e.